The molecule has 1 amide bonds. The van der Waals surface area contributed by atoms with Gasteiger partial charge < -0.3 is 5.32 Å². The Labute approximate surface area is 163 Å². The second-order valence-corrected chi connectivity index (χ2v) is 6.62. The summed E-state index contributed by atoms with van der Waals surface area (Å²) in [6.07, 6.45) is 1.63. The first kappa shape index (κ1) is 19.7. The van der Waals surface area contributed by atoms with Crippen molar-refractivity contribution in [2.24, 2.45) is 0 Å². The fourth-order valence-electron chi connectivity index (χ4n) is 2.44. The van der Waals surface area contributed by atoms with E-state index in [-0.39, 0.29) is 11.4 Å². The lowest BCUT2D eigenvalue weighted by atomic mass is 10.2. The average Bonchev–Trinajstić information content (AvgIpc) is 3.05. The van der Waals surface area contributed by atoms with Crippen molar-refractivity contribution in [3.05, 3.63) is 72.6 Å². The fourth-order valence-corrected chi connectivity index (χ4v) is 3.19. The molecule has 144 valence electrons. The molecule has 0 unspecified atom stereocenters. The number of benzene rings is 2. The van der Waals surface area contributed by atoms with Crippen molar-refractivity contribution in [3.63, 3.8) is 0 Å². The largest absolute Gasteiger partial charge is 0.323 e. The molecule has 2 aromatic carbocycles. The number of anilines is 1. The Morgan fingerprint density at radius 3 is 2.64 bits per heavy atom. The highest BCUT2D eigenvalue weighted by Gasteiger charge is 2.16. The monoisotopic (exact) mass is 404 g/mol. The van der Waals surface area contributed by atoms with Crippen LogP contribution in [0.1, 0.15) is 0 Å². The predicted molar refractivity (Wildman–Crippen MR) is 101 cm³/mol. The Kier molecular flexibility index (Phi) is 6.15. The van der Waals surface area contributed by atoms with Crippen LogP contribution < -0.4 is 5.32 Å². The van der Waals surface area contributed by atoms with Crippen LogP contribution in [0.2, 0.25) is 0 Å². The summed E-state index contributed by atoms with van der Waals surface area (Å²) >= 11 is 1.08. The topological polar surface area (TPSA) is 59.8 Å². The third-order valence-electron chi connectivity index (χ3n) is 3.65. The maximum Gasteiger partial charge on any atom is 0.234 e. The Morgan fingerprint density at radius 1 is 1.14 bits per heavy atom. The number of allylic oxidation sites excluding steroid dienone is 1. The van der Waals surface area contributed by atoms with E-state index in [1.165, 1.54) is 12.1 Å². The van der Waals surface area contributed by atoms with E-state index >= 15 is 0 Å². The summed E-state index contributed by atoms with van der Waals surface area (Å²) in [5, 5.41) is 10.9. The molecule has 0 aliphatic carbocycles. The van der Waals surface area contributed by atoms with Gasteiger partial charge in [-0.15, -0.1) is 16.8 Å². The van der Waals surface area contributed by atoms with E-state index in [1.807, 2.05) is 0 Å². The second-order valence-electron chi connectivity index (χ2n) is 5.68. The minimum Gasteiger partial charge on any atom is -0.323 e. The van der Waals surface area contributed by atoms with Crippen molar-refractivity contribution in [1.29, 1.82) is 0 Å². The van der Waals surface area contributed by atoms with Crippen molar-refractivity contribution in [2.75, 3.05) is 11.1 Å². The Hall–Kier alpha value is -3.07. The van der Waals surface area contributed by atoms with Crippen molar-refractivity contribution in [1.82, 2.24) is 14.8 Å². The van der Waals surface area contributed by atoms with Crippen LogP contribution in [0.5, 0.6) is 0 Å². The lowest BCUT2D eigenvalue weighted by Gasteiger charge is -2.09. The lowest BCUT2D eigenvalue weighted by Crippen LogP contribution is -2.15. The number of nitrogens with zero attached hydrogens (tertiary/aromatic N) is 3. The first-order valence-corrected chi connectivity index (χ1v) is 9.14. The molecule has 0 saturated carbocycles. The summed E-state index contributed by atoms with van der Waals surface area (Å²) in [4.78, 5) is 12.1. The van der Waals surface area contributed by atoms with Crippen molar-refractivity contribution >= 4 is 23.4 Å². The quantitative estimate of drug-likeness (QED) is 0.472. The van der Waals surface area contributed by atoms with Gasteiger partial charge in [0.25, 0.3) is 0 Å². The average molecular weight is 404 g/mol. The van der Waals surface area contributed by atoms with Gasteiger partial charge >= 0.3 is 0 Å². The van der Waals surface area contributed by atoms with Gasteiger partial charge in [0, 0.05) is 18.2 Å². The van der Waals surface area contributed by atoms with Gasteiger partial charge in [-0.3, -0.25) is 9.36 Å². The molecule has 1 aromatic heterocycles. The number of aromatic nitrogens is 3. The molecule has 0 aliphatic heterocycles. The van der Waals surface area contributed by atoms with Crippen LogP contribution in [0.15, 0.2) is 60.3 Å². The summed E-state index contributed by atoms with van der Waals surface area (Å²) in [7, 11) is 0. The van der Waals surface area contributed by atoms with Crippen LogP contribution in [0.25, 0.3) is 11.4 Å². The molecular formula is C19H15F3N4OS. The van der Waals surface area contributed by atoms with E-state index in [2.05, 4.69) is 22.1 Å². The minimum absolute atomic E-state index is 0.0742. The minimum atomic E-state index is -0.860. The van der Waals surface area contributed by atoms with Crippen LogP contribution in [0, 0.1) is 17.5 Å². The maximum atomic E-state index is 13.6. The predicted octanol–water partition coefficient (Wildman–Crippen LogP) is 4.28. The summed E-state index contributed by atoms with van der Waals surface area (Å²) in [6.45, 7) is 4.04. The van der Waals surface area contributed by atoms with Crippen molar-refractivity contribution in [3.8, 4) is 11.4 Å². The summed E-state index contributed by atoms with van der Waals surface area (Å²) in [6, 6.07) is 8.82. The lowest BCUT2D eigenvalue weighted by molar-refractivity contribution is -0.113. The second kappa shape index (κ2) is 8.75. The molecule has 0 bridgehead atoms. The van der Waals surface area contributed by atoms with Crippen LogP contribution in [-0.2, 0) is 11.3 Å². The Morgan fingerprint density at radius 2 is 1.93 bits per heavy atom. The van der Waals surface area contributed by atoms with Gasteiger partial charge in [0.1, 0.15) is 17.5 Å². The smallest absolute Gasteiger partial charge is 0.234 e. The third kappa shape index (κ3) is 4.61. The SMILES string of the molecule is C=CCn1c(SCC(=O)Nc2ccc(F)cc2F)nnc1-c1cccc(F)c1. The number of hydrogen-bond donors (Lipinski definition) is 1. The molecule has 0 radical (unpaired) electrons. The zero-order chi connectivity index (χ0) is 20.1. The van der Waals surface area contributed by atoms with E-state index in [9.17, 15) is 18.0 Å². The van der Waals surface area contributed by atoms with Gasteiger partial charge in [0.15, 0.2) is 11.0 Å². The summed E-state index contributed by atoms with van der Waals surface area (Å²) in [5.74, 6) is -2.12. The third-order valence-corrected chi connectivity index (χ3v) is 4.62. The highest BCUT2D eigenvalue weighted by atomic mass is 32.2. The van der Waals surface area contributed by atoms with E-state index in [4.69, 9.17) is 0 Å². The highest BCUT2D eigenvalue weighted by molar-refractivity contribution is 7.99. The number of rotatable bonds is 7. The van der Waals surface area contributed by atoms with Crippen LogP contribution >= 0.6 is 11.8 Å². The van der Waals surface area contributed by atoms with Gasteiger partial charge in [-0.25, -0.2) is 13.2 Å². The molecule has 1 N–H and O–H groups in total. The number of thioether (sulfide) groups is 1. The van der Waals surface area contributed by atoms with E-state index in [0.717, 1.165) is 23.9 Å². The number of carbonyl (C=O) groups is 1. The van der Waals surface area contributed by atoms with Crippen molar-refractivity contribution in [2.45, 2.75) is 11.7 Å². The molecule has 28 heavy (non-hydrogen) atoms. The molecule has 0 aliphatic rings. The molecule has 0 atom stereocenters. The summed E-state index contributed by atoms with van der Waals surface area (Å²) in [5.41, 5.74) is 0.430. The fraction of sp³-hybridized carbons (Fsp3) is 0.105. The first-order valence-electron chi connectivity index (χ1n) is 8.15. The standard InChI is InChI=1S/C19H15F3N4OS/c1-2-8-26-18(12-4-3-5-13(20)9-12)24-25-19(26)28-11-17(27)23-16-7-6-14(21)10-15(16)22/h2-7,9-10H,1,8,11H2,(H,23,27). The first-order chi connectivity index (χ1) is 13.5. The highest BCUT2D eigenvalue weighted by Crippen LogP contribution is 2.25. The maximum absolute atomic E-state index is 13.6. The number of amides is 1. The number of halogens is 3. The van der Waals surface area contributed by atoms with Gasteiger partial charge in [0.05, 0.1) is 11.4 Å². The van der Waals surface area contributed by atoms with E-state index < -0.39 is 23.4 Å². The van der Waals surface area contributed by atoms with Crippen LogP contribution in [0.3, 0.4) is 0 Å². The Balaban J connectivity index is 1.73. The zero-order valence-electron chi connectivity index (χ0n) is 14.5. The molecule has 5 nitrogen and oxygen atoms in total. The molecule has 0 spiro atoms. The molecular weight excluding hydrogens is 389 g/mol. The van der Waals surface area contributed by atoms with Crippen LogP contribution in [-0.4, -0.2) is 26.4 Å². The van der Waals surface area contributed by atoms with Gasteiger partial charge in [-0.05, 0) is 24.3 Å². The molecule has 3 rings (SSSR count). The van der Waals surface area contributed by atoms with Gasteiger partial charge in [-0.1, -0.05) is 30.0 Å². The molecule has 0 fully saturated rings. The van der Waals surface area contributed by atoms with E-state index in [0.29, 0.717) is 29.2 Å². The molecule has 3 aromatic rings. The van der Waals surface area contributed by atoms with Gasteiger partial charge in [-0.2, -0.15) is 0 Å². The van der Waals surface area contributed by atoms with Crippen LogP contribution in [0.4, 0.5) is 18.9 Å². The van der Waals surface area contributed by atoms with Crippen molar-refractivity contribution < 1.29 is 18.0 Å². The number of hydrogen-bond acceptors (Lipinski definition) is 4. The number of nitrogens with one attached hydrogen (secondary N) is 1. The summed E-state index contributed by atoms with van der Waals surface area (Å²) < 4.78 is 41.8. The molecule has 0 saturated heterocycles. The Bertz CT molecular complexity index is 1020. The zero-order valence-corrected chi connectivity index (χ0v) is 15.3. The van der Waals surface area contributed by atoms with E-state index in [1.54, 1.807) is 22.8 Å². The van der Waals surface area contributed by atoms with Gasteiger partial charge in [0.2, 0.25) is 5.91 Å². The molecule has 1 heterocycles. The number of carbonyl (C=O) groups excluding carboxylic acids is 1. The molecule has 9 heteroatoms. The normalized spacial score (nSPS) is 10.7.